The van der Waals surface area contributed by atoms with Crippen LogP contribution in [0, 0.1) is 0 Å². The van der Waals surface area contributed by atoms with E-state index >= 15 is 0 Å². The van der Waals surface area contributed by atoms with Crippen molar-refractivity contribution in [3.8, 4) is 0 Å². The monoisotopic (exact) mass is 123 g/mol. The van der Waals surface area contributed by atoms with Gasteiger partial charge in [-0.15, -0.1) is 5.10 Å². The van der Waals surface area contributed by atoms with Crippen molar-refractivity contribution < 1.29 is 0 Å². The summed E-state index contributed by atoms with van der Waals surface area (Å²) in [5.74, 6) is 0. The maximum atomic E-state index is 3.80. The second kappa shape index (κ2) is 2.44. The number of aryl methyl sites for hydroxylation is 1. The molecule has 0 fully saturated rings. The van der Waals surface area contributed by atoms with Crippen molar-refractivity contribution in [2.75, 3.05) is 0 Å². The molecule has 0 radical (unpaired) electrons. The van der Waals surface area contributed by atoms with Crippen molar-refractivity contribution in [3.63, 3.8) is 0 Å². The van der Waals surface area contributed by atoms with Crippen LogP contribution in [0.3, 0.4) is 0 Å². The lowest BCUT2D eigenvalue weighted by Crippen LogP contribution is -1.98. The van der Waals surface area contributed by atoms with Gasteiger partial charge in [-0.3, -0.25) is 0 Å². The molecule has 0 saturated carbocycles. The highest BCUT2D eigenvalue weighted by Crippen LogP contribution is 1.95. The molecule has 1 heterocycles. The number of aromatic nitrogens is 3. The second-order valence-corrected chi connectivity index (χ2v) is 1.68. The van der Waals surface area contributed by atoms with E-state index in [-0.39, 0.29) is 0 Å². The molecule has 0 atom stereocenters. The minimum absolute atomic E-state index is 0.849. The Morgan fingerprint density at radius 1 is 1.89 bits per heavy atom. The molecule has 0 N–H and O–H groups in total. The van der Waals surface area contributed by atoms with E-state index in [4.69, 9.17) is 0 Å². The number of rotatable bonds is 2. The van der Waals surface area contributed by atoms with E-state index in [1.807, 2.05) is 6.92 Å². The minimum Gasteiger partial charge on any atom is -0.246 e. The Morgan fingerprint density at radius 2 is 2.67 bits per heavy atom. The van der Waals surface area contributed by atoms with Crippen LogP contribution in [0.15, 0.2) is 12.8 Å². The van der Waals surface area contributed by atoms with Crippen LogP contribution in [-0.2, 0) is 6.54 Å². The summed E-state index contributed by atoms with van der Waals surface area (Å²) in [5, 5.41) is 7.51. The van der Waals surface area contributed by atoms with Gasteiger partial charge in [-0.1, -0.05) is 11.8 Å². The fourth-order valence-electron chi connectivity index (χ4n) is 0.669. The highest BCUT2D eigenvalue weighted by Gasteiger charge is 1.93. The van der Waals surface area contributed by atoms with Crippen LogP contribution in [0.4, 0.5) is 0 Å². The Hall–Kier alpha value is -1.12. The maximum Gasteiger partial charge on any atom is 0.0807 e. The topological polar surface area (TPSA) is 30.7 Å². The molecule has 3 heteroatoms. The summed E-state index contributed by atoms with van der Waals surface area (Å²) in [4.78, 5) is 0. The summed E-state index contributed by atoms with van der Waals surface area (Å²) < 4.78 is 1.78. The molecule has 1 aromatic rings. The molecule has 0 aliphatic rings. The van der Waals surface area contributed by atoms with Gasteiger partial charge in [-0.2, -0.15) is 0 Å². The van der Waals surface area contributed by atoms with Crippen molar-refractivity contribution in [2.24, 2.45) is 0 Å². The fourth-order valence-corrected chi connectivity index (χ4v) is 0.669. The zero-order valence-electron chi connectivity index (χ0n) is 5.41. The molecule has 0 aromatic carbocycles. The Labute approximate surface area is 54.0 Å². The predicted octanol–water partition coefficient (Wildman–Crippen LogP) is 0.941. The largest absolute Gasteiger partial charge is 0.246 e. The summed E-state index contributed by atoms with van der Waals surface area (Å²) in [6.07, 6.45) is 3.43. The second-order valence-electron chi connectivity index (χ2n) is 1.68. The van der Waals surface area contributed by atoms with Crippen LogP contribution >= 0.6 is 0 Å². The smallest absolute Gasteiger partial charge is 0.0807 e. The molecule has 3 nitrogen and oxygen atoms in total. The summed E-state index contributed by atoms with van der Waals surface area (Å²) in [5.41, 5.74) is 0.970. The molecule has 0 saturated heterocycles. The van der Waals surface area contributed by atoms with Crippen LogP contribution in [0.5, 0.6) is 0 Å². The molecular weight excluding hydrogens is 114 g/mol. The molecule has 0 unspecified atom stereocenters. The molecule has 9 heavy (non-hydrogen) atoms. The third-order valence-electron chi connectivity index (χ3n) is 1.16. The quantitative estimate of drug-likeness (QED) is 0.586. The average Bonchev–Trinajstić information content (AvgIpc) is 2.33. The van der Waals surface area contributed by atoms with Gasteiger partial charge in [0, 0.05) is 6.54 Å². The van der Waals surface area contributed by atoms with Crippen LogP contribution < -0.4 is 0 Å². The average molecular weight is 123 g/mol. The number of hydrogen-bond acceptors (Lipinski definition) is 2. The zero-order chi connectivity index (χ0) is 6.69. The standard InChI is InChI=1S/C6H9N3/c1-3-6-5-7-8-9(6)4-2/h3,5H,1,4H2,2H3. The maximum absolute atomic E-state index is 3.80. The minimum atomic E-state index is 0.849. The van der Waals surface area contributed by atoms with Crippen molar-refractivity contribution in [3.05, 3.63) is 18.5 Å². The summed E-state index contributed by atoms with van der Waals surface area (Å²) in [7, 11) is 0. The molecule has 1 aromatic heterocycles. The summed E-state index contributed by atoms with van der Waals surface area (Å²) in [6, 6.07) is 0. The molecule has 0 spiro atoms. The van der Waals surface area contributed by atoms with Crippen LogP contribution in [0.1, 0.15) is 12.6 Å². The normalized spacial score (nSPS) is 9.44. The van der Waals surface area contributed by atoms with Gasteiger partial charge >= 0.3 is 0 Å². The summed E-state index contributed by atoms with van der Waals surface area (Å²) >= 11 is 0. The Morgan fingerprint density at radius 3 is 3.11 bits per heavy atom. The lowest BCUT2D eigenvalue weighted by atomic mass is 10.4. The van der Waals surface area contributed by atoms with Crippen LogP contribution in [0.2, 0.25) is 0 Å². The fraction of sp³-hybridized carbons (Fsp3) is 0.333. The zero-order valence-corrected chi connectivity index (χ0v) is 5.41. The highest BCUT2D eigenvalue weighted by molar-refractivity contribution is 5.39. The van der Waals surface area contributed by atoms with Crippen molar-refractivity contribution in [1.82, 2.24) is 15.0 Å². The molecular formula is C6H9N3. The first kappa shape index (κ1) is 6.01. The Bertz CT molecular complexity index is 202. The molecule has 0 aliphatic heterocycles. The predicted molar refractivity (Wildman–Crippen MR) is 35.8 cm³/mol. The molecule has 0 aliphatic carbocycles. The molecule has 0 bridgehead atoms. The first-order chi connectivity index (χ1) is 4.38. The van der Waals surface area contributed by atoms with E-state index in [1.165, 1.54) is 0 Å². The SMILES string of the molecule is C=Cc1cnnn1CC. The third-order valence-corrected chi connectivity index (χ3v) is 1.16. The Kier molecular flexibility index (Phi) is 1.63. The lowest BCUT2D eigenvalue weighted by molar-refractivity contribution is 0.622. The van der Waals surface area contributed by atoms with E-state index < -0.39 is 0 Å². The van der Waals surface area contributed by atoms with Gasteiger partial charge in [-0.05, 0) is 13.0 Å². The summed E-state index contributed by atoms with van der Waals surface area (Å²) in [6.45, 7) is 6.48. The molecule has 0 amide bonds. The van der Waals surface area contributed by atoms with Gasteiger partial charge in [0.15, 0.2) is 0 Å². The first-order valence-corrected chi connectivity index (χ1v) is 2.89. The molecule has 1 rings (SSSR count). The highest BCUT2D eigenvalue weighted by atomic mass is 15.4. The van der Waals surface area contributed by atoms with Gasteiger partial charge < -0.3 is 0 Å². The van der Waals surface area contributed by atoms with Crippen LogP contribution in [0.25, 0.3) is 6.08 Å². The van der Waals surface area contributed by atoms with Gasteiger partial charge in [0.25, 0.3) is 0 Å². The van der Waals surface area contributed by atoms with Crippen molar-refractivity contribution in [1.29, 1.82) is 0 Å². The van der Waals surface area contributed by atoms with Crippen LogP contribution in [-0.4, -0.2) is 15.0 Å². The van der Waals surface area contributed by atoms with E-state index in [0.29, 0.717) is 0 Å². The van der Waals surface area contributed by atoms with Gasteiger partial charge in [-0.25, -0.2) is 4.68 Å². The third kappa shape index (κ3) is 0.988. The van der Waals surface area contributed by atoms with E-state index in [1.54, 1.807) is 17.0 Å². The first-order valence-electron chi connectivity index (χ1n) is 2.89. The van der Waals surface area contributed by atoms with Gasteiger partial charge in [0.2, 0.25) is 0 Å². The molecule has 48 valence electrons. The van der Waals surface area contributed by atoms with Crippen molar-refractivity contribution >= 4 is 6.08 Å². The number of nitrogens with zero attached hydrogens (tertiary/aromatic N) is 3. The van der Waals surface area contributed by atoms with Gasteiger partial charge in [0.05, 0.1) is 11.9 Å². The van der Waals surface area contributed by atoms with Crippen molar-refractivity contribution in [2.45, 2.75) is 13.5 Å². The van der Waals surface area contributed by atoms with E-state index in [2.05, 4.69) is 16.9 Å². The Balaban J connectivity index is 2.98. The van der Waals surface area contributed by atoms with E-state index in [0.717, 1.165) is 12.2 Å². The lowest BCUT2D eigenvalue weighted by Gasteiger charge is -1.93. The van der Waals surface area contributed by atoms with Gasteiger partial charge in [0.1, 0.15) is 0 Å². The van der Waals surface area contributed by atoms with E-state index in [9.17, 15) is 0 Å². The number of hydrogen-bond donors (Lipinski definition) is 0.